The van der Waals surface area contributed by atoms with Gasteiger partial charge in [-0.15, -0.1) is 0 Å². The van der Waals surface area contributed by atoms with E-state index in [9.17, 15) is 8.60 Å². The molecular formula is C11H12FNO2S. The van der Waals surface area contributed by atoms with Crippen LogP contribution in [0.25, 0.3) is 0 Å². The second-order valence-electron chi connectivity index (χ2n) is 3.19. The van der Waals surface area contributed by atoms with E-state index < -0.39 is 16.6 Å². The van der Waals surface area contributed by atoms with Crippen molar-refractivity contribution in [1.82, 2.24) is 0 Å². The molecule has 0 aliphatic rings. The summed E-state index contributed by atoms with van der Waals surface area (Å²) in [7, 11) is 0.394. The Hall–Kier alpha value is -1.25. The van der Waals surface area contributed by atoms with Crippen LogP contribution < -0.4 is 0 Å². The van der Waals surface area contributed by atoms with Crippen molar-refractivity contribution >= 4 is 10.8 Å². The number of benzene rings is 1. The van der Waals surface area contributed by atoms with Gasteiger partial charge in [0, 0.05) is 23.7 Å². The van der Waals surface area contributed by atoms with Gasteiger partial charge in [0.05, 0.1) is 24.0 Å². The minimum atomic E-state index is -1.13. The fraction of sp³-hybridized carbons (Fsp3) is 0.364. The highest BCUT2D eigenvalue weighted by Gasteiger charge is 2.08. The number of halogens is 1. The molecule has 0 heterocycles. The molecule has 16 heavy (non-hydrogen) atoms. The van der Waals surface area contributed by atoms with Gasteiger partial charge in [0.15, 0.2) is 0 Å². The Kier molecular flexibility index (Phi) is 5.09. The second kappa shape index (κ2) is 6.36. The maximum absolute atomic E-state index is 13.0. The highest BCUT2D eigenvalue weighted by Crippen LogP contribution is 2.12. The Labute approximate surface area is 96.3 Å². The van der Waals surface area contributed by atoms with Crippen molar-refractivity contribution in [3.63, 3.8) is 0 Å². The number of nitriles is 1. The minimum absolute atomic E-state index is 0.185. The first kappa shape index (κ1) is 12.8. The highest BCUT2D eigenvalue weighted by atomic mass is 32.2. The largest absolute Gasteiger partial charge is 0.384 e. The molecule has 1 rings (SSSR count). The topological polar surface area (TPSA) is 50.1 Å². The van der Waals surface area contributed by atoms with E-state index >= 15 is 0 Å². The van der Waals surface area contributed by atoms with Crippen LogP contribution in [-0.2, 0) is 21.3 Å². The van der Waals surface area contributed by atoms with Crippen LogP contribution in [0.2, 0.25) is 0 Å². The maximum atomic E-state index is 13.0. The molecule has 3 nitrogen and oxygen atoms in total. The van der Waals surface area contributed by atoms with E-state index in [1.807, 2.05) is 6.07 Å². The number of nitrogens with zero attached hydrogens (tertiary/aromatic N) is 1. The minimum Gasteiger partial charge on any atom is -0.384 e. The van der Waals surface area contributed by atoms with Crippen LogP contribution in [0.5, 0.6) is 0 Å². The van der Waals surface area contributed by atoms with Crippen molar-refractivity contribution in [1.29, 1.82) is 5.26 Å². The molecule has 1 aromatic carbocycles. The van der Waals surface area contributed by atoms with Crippen LogP contribution >= 0.6 is 0 Å². The van der Waals surface area contributed by atoms with E-state index in [0.29, 0.717) is 23.5 Å². The number of hydrogen-bond donors (Lipinski definition) is 0. The maximum Gasteiger partial charge on any atom is 0.123 e. The predicted molar refractivity (Wildman–Crippen MR) is 59.7 cm³/mol. The van der Waals surface area contributed by atoms with Crippen molar-refractivity contribution in [2.24, 2.45) is 0 Å². The lowest BCUT2D eigenvalue weighted by atomic mass is 10.1. The van der Waals surface area contributed by atoms with E-state index in [-0.39, 0.29) is 5.75 Å². The van der Waals surface area contributed by atoms with Crippen molar-refractivity contribution in [3.05, 3.63) is 35.1 Å². The smallest absolute Gasteiger partial charge is 0.123 e. The fourth-order valence-corrected chi connectivity index (χ4v) is 2.30. The van der Waals surface area contributed by atoms with Crippen molar-refractivity contribution in [2.45, 2.75) is 5.75 Å². The average molecular weight is 241 g/mol. The lowest BCUT2D eigenvalue weighted by Gasteiger charge is -2.04. The van der Waals surface area contributed by atoms with Gasteiger partial charge in [0.25, 0.3) is 0 Å². The molecular weight excluding hydrogens is 229 g/mol. The molecule has 0 aliphatic carbocycles. The monoisotopic (exact) mass is 241 g/mol. The Morgan fingerprint density at radius 2 is 2.31 bits per heavy atom. The van der Waals surface area contributed by atoms with Gasteiger partial charge >= 0.3 is 0 Å². The van der Waals surface area contributed by atoms with E-state index in [4.69, 9.17) is 10.00 Å². The van der Waals surface area contributed by atoms with Crippen molar-refractivity contribution in [3.8, 4) is 6.07 Å². The Morgan fingerprint density at radius 3 is 2.94 bits per heavy atom. The zero-order chi connectivity index (χ0) is 12.0. The van der Waals surface area contributed by atoms with Crippen LogP contribution in [0.3, 0.4) is 0 Å². The number of rotatable bonds is 5. The van der Waals surface area contributed by atoms with Crippen LogP contribution in [-0.4, -0.2) is 23.7 Å². The molecule has 1 aromatic rings. The molecule has 0 spiro atoms. The van der Waals surface area contributed by atoms with E-state index in [0.717, 1.165) is 0 Å². The normalized spacial score (nSPS) is 12.1. The summed E-state index contributed by atoms with van der Waals surface area (Å²) in [5, 5.41) is 8.80. The van der Waals surface area contributed by atoms with Gasteiger partial charge in [0.2, 0.25) is 0 Å². The van der Waals surface area contributed by atoms with Crippen molar-refractivity contribution < 1.29 is 13.3 Å². The average Bonchev–Trinajstić information content (AvgIpc) is 2.27. The van der Waals surface area contributed by atoms with Crippen LogP contribution in [0.1, 0.15) is 11.1 Å². The highest BCUT2D eigenvalue weighted by molar-refractivity contribution is 7.84. The van der Waals surface area contributed by atoms with Gasteiger partial charge in [-0.05, 0) is 23.8 Å². The van der Waals surface area contributed by atoms with E-state index in [1.54, 1.807) is 0 Å². The molecule has 0 aliphatic heterocycles. The first-order valence-corrected chi connectivity index (χ1v) is 6.18. The SMILES string of the molecule is COCCS(=O)Cc1cc(F)ccc1C#N. The molecule has 0 amide bonds. The molecule has 0 fully saturated rings. The summed E-state index contributed by atoms with van der Waals surface area (Å²) in [6.45, 7) is 0.393. The summed E-state index contributed by atoms with van der Waals surface area (Å²) in [6.07, 6.45) is 0. The molecule has 0 radical (unpaired) electrons. The first-order chi connectivity index (χ1) is 7.67. The molecule has 5 heteroatoms. The zero-order valence-corrected chi connectivity index (χ0v) is 9.72. The predicted octanol–water partition coefficient (Wildman–Crippen LogP) is 1.59. The van der Waals surface area contributed by atoms with Gasteiger partial charge in [-0.3, -0.25) is 4.21 Å². The molecule has 0 aromatic heterocycles. The second-order valence-corrected chi connectivity index (χ2v) is 4.77. The van der Waals surface area contributed by atoms with Gasteiger partial charge < -0.3 is 4.74 Å². The summed E-state index contributed by atoms with van der Waals surface area (Å²) in [5.74, 6) is 0.153. The van der Waals surface area contributed by atoms with Gasteiger partial charge in [0.1, 0.15) is 5.82 Å². The molecule has 1 unspecified atom stereocenters. The summed E-state index contributed by atoms with van der Waals surface area (Å²) < 4.78 is 29.3. The lowest BCUT2D eigenvalue weighted by molar-refractivity contribution is 0.218. The quantitative estimate of drug-likeness (QED) is 0.786. The standard InChI is InChI=1S/C11H12FNO2S/c1-15-4-5-16(14)8-10-6-11(12)3-2-9(10)7-13/h2-3,6H,4-5,8H2,1H3. The molecule has 0 bridgehead atoms. The van der Waals surface area contributed by atoms with E-state index in [2.05, 4.69) is 0 Å². The molecule has 0 saturated heterocycles. The summed E-state index contributed by atoms with van der Waals surface area (Å²) in [6, 6.07) is 5.83. The van der Waals surface area contributed by atoms with Crippen LogP contribution in [0.15, 0.2) is 18.2 Å². The number of ether oxygens (including phenoxy) is 1. The van der Waals surface area contributed by atoms with Gasteiger partial charge in [-0.2, -0.15) is 5.26 Å². The fourth-order valence-electron chi connectivity index (χ4n) is 1.21. The molecule has 86 valence electrons. The Morgan fingerprint density at radius 1 is 1.56 bits per heavy atom. The van der Waals surface area contributed by atoms with Crippen LogP contribution in [0, 0.1) is 17.1 Å². The van der Waals surface area contributed by atoms with Gasteiger partial charge in [-0.1, -0.05) is 0 Å². The zero-order valence-electron chi connectivity index (χ0n) is 8.90. The van der Waals surface area contributed by atoms with Gasteiger partial charge in [-0.25, -0.2) is 4.39 Å². The lowest BCUT2D eigenvalue weighted by Crippen LogP contribution is -2.07. The van der Waals surface area contributed by atoms with E-state index in [1.165, 1.54) is 25.3 Å². The molecule has 0 N–H and O–H groups in total. The number of methoxy groups -OCH3 is 1. The Bertz CT molecular complexity index is 428. The Balaban J connectivity index is 2.76. The molecule has 1 atom stereocenters. The van der Waals surface area contributed by atoms with Crippen molar-refractivity contribution in [2.75, 3.05) is 19.5 Å². The summed E-state index contributed by atoms with van der Waals surface area (Å²) in [4.78, 5) is 0. The third-order valence-electron chi connectivity index (χ3n) is 2.02. The third-order valence-corrected chi connectivity index (χ3v) is 3.27. The summed E-state index contributed by atoms with van der Waals surface area (Å²) >= 11 is 0. The number of hydrogen-bond acceptors (Lipinski definition) is 3. The summed E-state index contributed by atoms with van der Waals surface area (Å²) in [5.41, 5.74) is 0.851. The third kappa shape index (κ3) is 3.72. The molecule has 0 saturated carbocycles. The first-order valence-electron chi connectivity index (χ1n) is 4.70. The van der Waals surface area contributed by atoms with Crippen LogP contribution in [0.4, 0.5) is 4.39 Å².